The van der Waals surface area contributed by atoms with Gasteiger partial charge in [-0.05, 0) is 36.5 Å². The maximum atomic E-state index is 13.1. The number of alkyl halides is 6. The van der Waals surface area contributed by atoms with Crippen molar-refractivity contribution in [3.63, 3.8) is 0 Å². The second-order valence-electron chi connectivity index (χ2n) is 6.57. The molecule has 0 unspecified atom stereocenters. The van der Waals surface area contributed by atoms with Gasteiger partial charge in [0, 0.05) is 0 Å². The van der Waals surface area contributed by atoms with E-state index >= 15 is 0 Å². The highest BCUT2D eigenvalue weighted by atomic mass is 32.2. The molecule has 0 saturated carbocycles. The molecule has 1 aromatic rings. The lowest BCUT2D eigenvalue weighted by Crippen LogP contribution is -2.63. The summed E-state index contributed by atoms with van der Waals surface area (Å²) in [6.45, 7) is 3.91. The van der Waals surface area contributed by atoms with Crippen LogP contribution in [0.15, 0.2) is 24.3 Å². The molecule has 0 bridgehead atoms. The topological polar surface area (TPSA) is 80.7 Å². The number of halogens is 6. The summed E-state index contributed by atoms with van der Waals surface area (Å²) in [7, 11) is -5.82. The Morgan fingerprint density at radius 1 is 1.04 bits per heavy atom. The molecule has 1 rings (SSSR count). The molecule has 0 atom stereocenters. The lowest BCUT2D eigenvalue weighted by molar-refractivity contribution is -0.356. The van der Waals surface area contributed by atoms with Crippen molar-refractivity contribution in [2.45, 2.75) is 44.6 Å². The Hall–Kier alpha value is -1.82. The van der Waals surface area contributed by atoms with E-state index < -0.39 is 45.4 Å². The van der Waals surface area contributed by atoms with Crippen LogP contribution in [0.2, 0.25) is 0 Å². The van der Waals surface area contributed by atoms with E-state index in [1.165, 1.54) is 12.1 Å². The summed E-state index contributed by atoms with van der Waals surface area (Å²) in [6.07, 6.45) is -11.4. The fourth-order valence-electron chi connectivity index (χ4n) is 2.21. The SMILES string of the molecule is CC(C)CCc1ccc(C(=O)OC(CS(=O)(=O)O)(C(F)(F)F)C(F)(F)F)cc1. The van der Waals surface area contributed by atoms with Crippen molar-refractivity contribution in [2.24, 2.45) is 5.92 Å². The summed E-state index contributed by atoms with van der Waals surface area (Å²) in [5, 5.41) is 0. The number of esters is 1. The van der Waals surface area contributed by atoms with E-state index in [0.717, 1.165) is 18.6 Å². The van der Waals surface area contributed by atoms with Gasteiger partial charge >= 0.3 is 23.9 Å². The number of ether oxygens (including phenoxy) is 1. The van der Waals surface area contributed by atoms with Crippen molar-refractivity contribution in [3.8, 4) is 0 Å². The number of aryl methyl sites for hydroxylation is 1. The van der Waals surface area contributed by atoms with Crippen LogP contribution in [-0.4, -0.2) is 42.6 Å². The number of rotatable bonds is 7. The van der Waals surface area contributed by atoms with Crippen molar-refractivity contribution < 1.29 is 48.8 Å². The molecule has 0 amide bonds. The Morgan fingerprint density at radius 2 is 1.50 bits per heavy atom. The van der Waals surface area contributed by atoms with Crippen molar-refractivity contribution in [1.29, 1.82) is 0 Å². The first-order valence-corrected chi connectivity index (χ1v) is 9.50. The molecule has 1 N–H and O–H groups in total. The van der Waals surface area contributed by atoms with Crippen LogP contribution in [0.5, 0.6) is 0 Å². The third-order valence-corrected chi connectivity index (χ3v) is 4.54. The standard InChI is InChI=1S/C16H18F6O5S/c1-10(2)3-4-11-5-7-12(8-6-11)13(23)27-14(15(17,18)19,16(20,21)22)9-28(24,25)26/h5-8,10H,3-4,9H2,1-2H3,(H,24,25,26). The van der Waals surface area contributed by atoms with Crippen LogP contribution in [0.4, 0.5) is 26.3 Å². The van der Waals surface area contributed by atoms with Gasteiger partial charge in [0.2, 0.25) is 0 Å². The average Bonchev–Trinajstić information content (AvgIpc) is 2.49. The molecule has 0 aliphatic heterocycles. The van der Waals surface area contributed by atoms with Crippen LogP contribution in [0, 0.1) is 5.92 Å². The van der Waals surface area contributed by atoms with Crippen LogP contribution >= 0.6 is 0 Å². The third kappa shape index (κ3) is 6.09. The van der Waals surface area contributed by atoms with E-state index in [-0.39, 0.29) is 0 Å². The van der Waals surface area contributed by atoms with Crippen LogP contribution in [0.3, 0.4) is 0 Å². The summed E-state index contributed by atoms with van der Waals surface area (Å²) in [5.74, 6) is -4.59. The van der Waals surface area contributed by atoms with Gasteiger partial charge in [-0.1, -0.05) is 26.0 Å². The number of carbonyl (C=O) groups is 1. The van der Waals surface area contributed by atoms with E-state index in [4.69, 9.17) is 4.55 Å². The summed E-state index contributed by atoms with van der Waals surface area (Å²) in [4.78, 5) is 11.9. The number of hydrogen-bond donors (Lipinski definition) is 1. The van der Waals surface area contributed by atoms with E-state index in [0.29, 0.717) is 17.9 Å². The zero-order valence-corrected chi connectivity index (χ0v) is 15.6. The van der Waals surface area contributed by atoms with E-state index in [2.05, 4.69) is 4.74 Å². The minimum Gasteiger partial charge on any atom is -0.435 e. The van der Waals surface area contributed by atoms with Crippen molar-refractivity contribution >= 4 is 16.1 Å². The van der Waals surface area contributed by atoms with Crippen LogP contribution < -0.4 is 0 Å². The molecule has 160 valence electrons. The van der Waals surface area contributed by atoms with E-state index in [9.17, 15) is 39.6 Å². The monoisotopic (exact) mass is 436 g/mol. The number of carbonyl (C=O) groups excluding carboxylic acids is 1. The molecular formula is C16H18F6O5S. The molecule has 28 heavy (non-hydrogen) atoms. The number of hydrogen-bond acceptors (Lipinski definition) is 4. The maximum absolute atomic E-state index is 13.1. The molecule has 0 aliphatic rings. The Labute approximate surface area is 157 Å². The van der Waals surface area contributed by atoms with Gasteiger partial charge in [-0.25, -0.2) is 4.79 Å². The highest BCUT2D eigenvalue weighted by molar-refractivity contribution is 7.85. The lowest BCUT2D eigenvalue weighted by Gasteiger charge is -2.35. The summed E-state index contributed by atoms with van der Waals surface area (Å²) in [5.41, 5.74) is -5.36. The first kappa shape index (κ1) is 24.2. The fraction of sp³-hybridized carbons (Fsp3) is 0.562. The van der Waals surface area contributed by atoms with Gasteiger partial charge in [-0.2, -0.15) is 34.8 Å². The Bertz CT molecular complexity index is 767. The van der Waals surface area contributed by atoms with Crippen molar-refractivity contribution in [2.75, 3.05) is 5.75 Å². The Kier molecular flexibility index (Phi) is 7.16. The fourth-order valence-corrected chi connectivity index (χ4v) is 3.11. The van der Waals surface area contributed by atoms with Gasteiger partial charge < -0.3 is 4.74 Å². The molecular weight excluding hydrogens is 418 g/mol. The molecule has 0 aromatic heterocycles. The van der Waals surface area contributed by atoms with Crippen molar-refractivity contribution in [3.05, 3.63) is 35.4 Å². The van der Waals surface area contributed by atoms with E-state index in [1.807, 2.05) is 13.8 Å². The second-order valence-corrected chi connectivity index (χ2v) is 8.02. The molecule has 5 nitrogen and oxygen atoms in total. The molecule has 0 spiro atoms. The zero-order chi connectivity index (χ0) is 22.0. The number of benzene rings is 1. The van der Waals surface area contributed by atoms with Crippen LogP contribution in [-0.2, 0) is 21.3 Å². The first-order chi connectivity index (χ1) is 12.5. The third-order valence-electron chi connectivity index (χ3n) is 3.77. The average molecular weight is 436 g/mol. The first-order valence-electron chi connectivity index (χ1n) is 7.89. The quantitative estimate of drug-likeness (QED) is 0.394. The largest absolute Gasteiger partial charge is 0.438 e. The van der Waals surface area contributed by atoms with Gasteiger partial charge in [0.15, 0.2) is 0 Å². The maximum Gasteiger partial charge on any atom is 0.438 e. The molecule has 0 fully saturated rings. The molecule has 12 heteroatoms. The van der Waals surface area contributed by atoms with Gasteiger partial charge in [0.25, 0.3) is 10.1 Å². The highest BCUT2D eigenvalue weighted by Crippen LogP contribution is 2.47. The summed E-state index contributed by atoms with van der Waals surface area (Å²) < 4.78 is 113. The van der Waals surface area contributed by atoms with Gasteiger partial charge in [-0.15, -0.1) is 0 Å². The van der Waals surface area contributed by atoms with E-state index in [1.54, 1.807) is 0 Å². The Morgan fingerprint density at radius 3 is 1.86 bits per heavy atom. The Balaban J connectivity index is 3.23. The van der Waals surface area contributed by atoms with Crippen LogP contribution in [0.25, 0.3) is 0 Å². The van der Waals surface area contributed by atoms with Gasteiger partial charge in [0.1, 0.15) is 5.75 Å². The molecule has 0 aliphatic carbocycles. The molecule has 0 heterocycles. The summed E-state index contributed by atoms with van der Waals surface area (Å²) >= 11 is 0. The molecule has 0 saturated heterocycles. The zero-order valence-electron chi connectivity index (χ0n) is 14.8. The minimum absolute atomic E-state index is 0.351. The lowest BCUT2D eigenvalue weighted by atomic mass is 10.0. The predicted octanol–water partition coefficient (Wildman–Crippen LogP) is 4.18. The summed E-state index contributed by atoms with van der Waals surface area (Å²) in [6, 6.07) is 4.63. The second kappa shape index (κ2) is 8.27. The highest BCUT2D eigenvalue weighted by Gasteiger charge is 2.76. The normalized spacial score (nSPS) is 13.6. The van der Waals surface area contributed by atoms with Crippen LogP contribution in [0.1, 0.15) is 36.2 Å². The van der Waals surface area contributed by atoms with Gasteiger partial charge in [0.05, 0.1) is 5.56 Å². The van der Waals surface area contributed by atoms with Gasteiger partial charge in [-0.3, -0.25) is 4.55 Å². The van der Waals surface area contributed by atoms with Crippen molar-refractivity contribution in [1.82, 2.24) is 0 Å². The smallest absolute Gasteiger partial charge is 0.435 e. The predicted molar refractivity (Wildman–Crippen MR) is 86.3 cm³/mol. The molecule has 1 aromatic carbocycles. The minimum atomic E-state index is -6.35. The molecule has 0 radical (unpaired) electrons.